The van der Waals surface area contributed by atoms with E-state index < -0.39 is 5.97 Å². The average Bonchev–Trinajstić information content (AvgIpc) is 2.17. The Morgan fingerprint density at radius 1 is 1.31 bits per heavy atom. The molecule has 4 nitrogen and oxygen atoms in total. The molecule has 1 rings (SSSR count). The van der Waals surface area contributed by atoms with Gasteiger partial charge in [-0.25, -0.2) is 4.79 Å². The fourth-order valence-corrected chi connectivity index (χ4v) is 1.57. The number of hydrogen-bond acceptors (Lipinski definition) is 4. The molecule has 0 aliphatic rings. The summed E-state index contributed by atoms with van der Waals surface area (Å²) in [5, 5.41) is 19.0. The van der Waals surface area contributed by atoms with Crippen molar-refractivity contribution in [3.05, 3.63) is 23.3 Å². The molecule has 0 saturated heterocycles. The van der Waals surface area contributed by atoms with E-state index in [0.717, 1.165) is 12.5 Å². The number of aryl methyl sites for hydroxylation is 1. The van der Waals surface area contributed by atoms with Gasteiger partial charge in [0.05, 0.1) is 6.61 Å². The third kappa shape index (κ3) is 2.66. The molecule has 0 aliphatic heterocycles. The number of esters is 1. The van der Waals surface area contributed by atoms with Crippen LogP contribution >= 0.6 is 0 Å². The van der Waals surface area contributed by atoms with Gasteiger partial charge in [0, 0.05) is 6.07 Å². The van der Waals surface area contributed by atoms with Crippen LogP contribution in [0, 0.1) is 0 Å². The predicted octanol–water partition coefficient (Wildman–Crippen LogP) is 2.23. The molecule has 0 aromatic heterocycles. The molecule has 0 saturated carbocycles. The summed E-state index contributed by atoms with van der Waals surface area (Å²) in [5.41, 5.74) is 0.764. The van der Waals surface area contributed by atoms with Crippen molar-refractivity contribution in [3.8, 4) is 11.5 Å². The van der Waals surface area contributed by atoms with E-state index in [0.29, 0.717) is 12.0 Å². The number of rotatable bonds is 4. The molecule has 0 bridgehead atoms. The van der Waals surface area contributed by atoms with Gasteiger partial charge in [0.25, 0.3) is 0 Å². The van der Waals surface area contributed by atoms with Crippen LogP contribution in [0.5, 0.6) is 11.5 Å². The van der Waals surface area contributed by atoms with Gasteiger partial charge in [0.2, 0.25) is 0 Å². The quantitative estimate of drug-likeness (QED) is 0.769. The monoisotopic (exact) mass is 224 g/mol. The van der Waals surface area contributed by atoms with Gasteiger partial charge in [-0.3, -0.25) is 0 Å². The Bertz CT molecular complexity index is 385. The van der Waals surface area contributed by atoms with E-state index in [1.54, 1.807) is 6.92 Å². The number of carbonyl (C=O) groups is 1. The Hall–Kier alpha value is -1.71. The number of phenols is 2. The first-order valence-electron chi connectivity index (χ1n) is 5.32. The topological polar surface area (TPSA) is 66.8 Å². The van der Waals surface area contributed by atoms with Crippen LogP contribution in [0.15, 0.2) is 12.1 Å². The third-order valence-electron chi connectivity index (χ3n) is 2.18. The van der Waals surface area contributed by atoms with Crippen molar-refractivity contribution in [2.75, 3.05) is 6.61 Å². The normalized spacial score (nSPS) is 10.1. The van der Waals surface area contributed by atoms with Crippen molar-refractivity contribution in [2.24, 2.45) is 0 Å². The van der Waals surface area contributed by atoms with E-state index >= 15 is 0 Å². The lowest BCUT2D eigenvalue weighted by atomic mass is 10.0. The van der Waals surface area contributed by atoms with Crippen LogP contribution in [0.4, 0.5) is 0 Å². The Balaban J connectivity index is 3.18. The summed E-state index contributed by atoms with van der Waals surface area (Å²) < 4.78 is 4.86. The second-order valence-corrected chi connectivity index (χ2v) is 3.47. The molecule has 88 valence electrons. The van der Waals surface area contributed by atoms with Gasteiger partial charge in [0.15, 0.2) is 0 Å². The molecule has 2 N–H and O–H groups in total. The molecule has 16 heavy (non-hydrogen) atoms. The van der Waals surface area contributed by atoms with E-state index in [4.69, 9.17) is 4.74 Å². The summed E-state index contributed by atoms with van der Waals surface area (Å²) in [4.78, 5) is 11.6. The fourth-order valence-electron chi connectivity index (χ4n) is 1.57. The van der Waals surface area contributed by atoms with Gasteiger partial charge < -0.3 is 14.9 Å². The lowest BCUT2D eigenvalue weighted by molar-refractivity contribution is 0.0521. The highest BCUT2D eigenvalue weighted by atomic mass is 16.5. The van der Waals surface area contributed by atoms with Crippen molar-refractivity contribution in [1.29, 1.82) is 0 Å². The second-order valence-electron chi connectivity index (χ2n) is 3.47. The number of aromatic hydroxyl groups is 2. The number of ether oxygens (including phenoxy) is 1. The Morgan fingerprint density at radius 2 is 2.00 bits per heavy atom. The first-order valence-corrected chi connectivity index (χ1v) is 5.32. The Morgan fingerprint density at radius 3 is 2.56 bits per heavy atom. The molecule has 1 aromatic rings. The van der Waals surface area contributed by atoms with E-state index in [9.17, 15) is 15.0 Å². The number of carbonyl (C=O) groups excluding carboxylic acids is 1. The number of hydrogen-bond donors (Lipinski definition) is 2. The van der Waals surface area contributed by atoms with Crippen LogP contribution in [0.2, 0.25) is 0 Å². The maximum atomic E-state index is 11.6. The van der Waals surface area contributed by atoms with Gasteiger partial charge in [-0.15, -0.1) is 0 Å². The van der Waals surface area contributed by atoms with Gasteiger partial charge in [-0.2, -0.15) is 0 Å². The van der Waals surface area contributed by atoms with Crippen LogP contribution in [-0.4, -0.2) is 22.8 Å². The van der Waals surface area contributed by atoms with Gasteiger partial charge >= 0.3 is 5.97 Å². The zero-order chi connectivity index (χ0) is 12.1. The minimum absolute atomic E-state index is 0.0472. The smallest absolute Gasteiger partial charge is 0.342 e. The third-order valence-corrected chi connectivity index (χ3v) is 2.18. The molecular weight excluding hydrogens is 208 g/mol. The van der Waals surface area contributed by atoms with E-state index in [1.807, 2.05) is 6.92 Å². The van der Waals surface area contributed by atoms with Crippen LogP contribution in [0.25, 0.3) is 0 Å². The first kappa shape index (κ1) is 12.4. The lowest BCUT2D eigenvalue weighted by Gasteiger charge is -2.10. The average molecular weight is 224 g/mol. The van der Waals surface area contributed by atoms with Crippen LogP contribution in [0.1, 0.15) is 36.2 Å². The maximum absolute atomic E-state index is 11.6. The van der Waals surface area contributed by atoms with Crippen LogP contribution in [0.3, 0.4) is 0 Å². The van der Waals surface area contributed by atoms with Crippen molar-refractivity contribution < 1.29 is 19.7 Å². The SMILES string of the molecule is CCCc1cc(O)cc(O)c1C(=O)OCC. The van der Waals surface area contributed by atoms with E-state index in [-0.39, 0.29) is 23.7 Å². The van der Waals surface area contributed by atoms with E-state index in [1.165, 1.54) is 6.07 Å². The Kier molecular flexibility index (Phi) is 4.17. The zero-order valence-electron chi connectivity index (χ0n) is 9.49. The highest BCUT2D eigenvalue weighted by Gasteiger charge is 2.18. The molecule has 0 aliphatic carbocycles. The van der Waals surface area contributed by atoms with Gasteiger partial charge in [-0.05, 0) is 25.0 Å². The van der Waals surface area contributed by atoms with Crippen molar-refractivity contribution in [3.63, 3.8) is 0 Å². The summed E-state index contributed by atoms with van der Waals surface area (Å²) in [6.45, 7) is 3.91. The highest BCUT2D eigenvalue weighted by Crippen LogP contribution is 2.28. The standard InChI is InChI=1S/C12H16O4/c1-3-5-8-6-9(13)7-10(14)11(8)12(15)16-4-2/h6-7,13-14H,3-5H2,1-2H3. The molecule has 0 fully saturated rings. The zero-order valence-corrected chi connectivity index (χ0v) is 9.49. The molecule has 0 atom stereocenters. The lowest BCUT2D eigenvalue weighted by Crippen LogP contribution is -2.08. The minimum Gasteiger partial charge on any atom is -0.508 e. The molecule has 4 heteroatoms. The van der Waals surface area contributed by atoms with Crippen LogP contribution in [-0.2, 0) is 11.2 Å². The molecule has 0 spiro atoms. The van der Waals surface area contributed by atoms with Gasteiger partial charge in [-0.1, -0.05) is 13.3 Å². The molecule has 0 unspecified atom stereocenters. The summed E-state index contributed by atoms with van der Waals surface area (Å²) in [6, 6.07) is 2.63. The van der Waals surface area contributed by atoms with Crippen molar-refractivity contribution >= 4 is 5.97 Å². The molecule has 1 aromatic carbocycles. The first-order chi connectivity index (χ1) is 7.60. The van der Waals surface area contributed by atoms with E-state index in [2.05, 4.69) is 0 Å². The Labute approximate surface area is 94.5 Å². The number of benzene rings is 1. The van der Waals surface area contributed by atoms with Crippen molar-refractivity contribution in [2.45, 2.75) is 26.7 Å². The van der Waals surface area contributed by atoms with Crippen molar-refractivity contribution in [1.82, 2.24) is 0 Å². The summed E-state index contributed by atoms with van der Waals surface area (Å²) in [6.07, 6.45) is 1.42. The molecular formula is C12H16O4. The fraction of sp³-hybridized carbons (Fsp3) is 0.417. The minimum atomic E-state index is -0.552. The predicted molar refractivity (Wildman–Crippen MR) is 59.7 cm³/mol. The maximum Gasteiger partial charge on any atom is 0.342 e. The highest BCUT2D eigenvalue weighted by molar-refractivity contribution is 5.94. The molecule has 0 radical (unpaired) electrons. The van der Waals surface area contributed by atoms with Crippen LogP contribution < -0.4 is 0 Å². The van der Waals surface area contributed by atoms with Gasteiger partial charge in [0.1, 0.15) is 17.1 Å². The second kappa shape index (κ2) is 5.39. The number of phenolic OH excluding ortho intramolecular Hbond substituents is 2. The summed E-state index contributed by atoms with van der Waals surface area (Å²) in [7, 11) is 0. The largest absolute Gasteiger partial charge is 0.508 e. The molecule has 0 amide bonds. The summed E-state index contributed by atoms with van der Waals surface area (Å²) in [5.74, 6) is -0.834. The molecule has 0 heterocycles. The summed E-state index contributed by atoms with van der Waals surface area (Å²) >= 11 is 0.